The van der Waals surface area contributed by atoms with Gasteiger partial charge < -0.3 is 0 Å². The Balaban J connectivity index is 1.90. The summed E-state index contributed by atoms with van der Waals surface area (Å²) in [5, 5.41) is 0. The Bertz CT molecular complexity index is 309. The summed E-state index contributed by atoms with van der Waals surface area (Å²) in [5.41, 5.74) is 0.660. The number of rotatable bonds is 9. The number of unbranched alkanes of at least 4 members (excludes halogenated alkanes) is 4. The molecule has 21 heavy (non-hydrogen) atoms. The maximum Gasteiger partial charge on any atom is 0.143 e. The molecule has 0 aliphatic heterocycles. The van der Waals surface area contributed by atoms with Gasteiger partial charge in [0.25, 0.3) is 0 Å². The zero-order valence-electron chi connectivity index (χ0n) is 15.5. The van der Waals surface area contributed by atoms with Gasteiger partial charge in [-0.05, 0) is 29.6 Å². The topological polar surface area (TPSA) is 0 Å². The molecular weight excluding hydrogens is 251 g/mol. The van der Waals surface area contributed by atoms with Gasteiger partial charge in [0.05, 0.1) is 0 Å². The second kappa shape index (κ2) is 7.56. The molecule has 0 N–H and O–H groups in total. The molecule has 3 aliphatic carbocycles. The number of fused-ring (bicyclic) bond motifs is 2. The van der Waals surface area contributed by atoms with E-state index in [1.54, 1.807) is 12.8 Å². The predicted octanol–water partition coefficient (Wildman–Crippen LogP) is 6.93. The van der Waals surface area contributed by atoms with E-state index >= 15 is 0 Å². The van der Waals surface area contributed by atoms with E-state index < -0.39 is 0 Å². The molecule has 0 saturated heterocycles. The molecule has 4 atom stereocenters. The van der Waals surface area contributed by atoms with Gasteiger partial charge in [0.15, 0.2) is 0 Å². The molecule has 3 aliphatic rings. The van der Waals surface area contributed by atoms with Crippen molar-refractivity contribution in [2.75, 3.05) is 0 Å². The van der Waals surface area contributed by atoms with Crippen LogP contribution in [0.15, 0.2) is 0 Å². The number of hydrogen-bond acceptors (Lipinski definition) is 0. The van der Waals surface area contributed by atoms with Crippen molar-refractivity contribution in [3.63, 3.8) is 0 Å². The zero-order valence-corrected chi connectivity index (χ0v) is 15.5. The first-order valence-electron chi connectivity index (χ1n) is 10.0. The summed E-state index contributed by atoms with van der Waals surface area (Å²) in [7, 11) is 0. The van der Waals surface area contributed by atoms with E-state index in [1.807, 2.05) is 0 Å². The van der Waals surface area contributed by atoms with Crippen LogP contribution in [0.4, 0.5) is 0 Å². The molecule has 3 fully saturated rings. The lowest BCUT2D eigenvalue weighted by Crippen LogP contribution is -2.55. The van der Waals surface area contributed by atoms with Crippen LogP contribution in [0.2, 0.25) is 18.5 Å². The van der Waals surface area contributed by atoms with Gasteiger partial charge in [-0.1, -0.05) is 98.0 Å². The zero-order chi connectivity index (χ0) is 15.5. The molecule has 0 aromatic rings. The quantitative estimate of drug-likeness (QED) is 0.319. The maximum atomic E-state index is 2.59. The van der Waals surface area contributed by atoms with Gasteiger partial charge in [-0.3, -0.25) is 0 Å². The summed E-state index contributed by atoms with van der Waals surface area (Å²) < 4.78 is 0. The van der Waals surface area contributed by atoms with E-state index in [2.05, 4.69) is 34.6 Å². The van der Waals surface area contributed by atoms with Crippen molar-refractivity contribution in [2.45, 2.75) is 104 Å². The van der Waals surface area contributed by atoms with E-state index in [4.69, 9.17) is 0 Å². The van der Waals surface area contributed by atoms with Crippen LogP contribution in [-0.4, -0.2) is 6.71 Å². The third-order valence-corrected chi connectivity index (χ3v) is 7.38. The van der Waals surface area contributed by atoms with Crippen molar-refractivity contribution in [1.29, 1.82) is 0 Å². The van der Waals surface area contributed by atoms with E-state index in [0.29, 0.717) is 5.41 Å². The highest BCUT2D eigenvalue weighted by molar-refractivity contribution is 6.60. The van der Waals surface area contributed by atoms with Crippen molar-refractivity contribution in [2.24, 2.45) is 23.2 Å². The van der Waals surface area contributed by atoms with Crippen LogP contribution in [0, 0.1) is 23.2 Å². The van der Waals surface area contributed by atoms with Crippen LogP contribution in [0.25, 0.3) is 0 Å². The first kappa shape index (κ1) is 17.4. The third kappa shape index (κ3) is 3.70. The predicted molar refractivity (Wildman–Crippen MR) is 97.3 cm³/mol. The third-order valence-electron chi connectivity index (χ3n) is 7.38. The van der Waals surface area contributed by atoms with Gasteiger partial charge in [-0.25, -0.2) is 0 Å². The van der Waals surface area contributed by atoms with Gasteiger partial charge in [0, 0.05) is 0 Å². The molecule has 122 valence electrons. The van der Waals surface area contributed by atoms with Crippen molar-refractivity contribution < 1.29 is 0 Å². The standard InChI is InChI=1S/C20H39B/c1-6-8-10-11-13-21(12-9-7-2)19-15-17-14-18(16(19)3)20(17,4)5/h16-19H,6-15H2,1-5H3/t16-,17-,18-,19-/m1/s1. The first-order valence-corrected chi connectivity index (χ1v) is 10.0. The Morgan fingerprint density at radius 3 is 2.14 bits per heavy atom. The lowest BCUT2D eigenvalue weighted by molar-refractivity contribution is -0.0992. The van der Waals surface area contributed by atoms with Gasteiger partial charge in [0.1, 0.15) is 6.71 Å². The molecular formula is C20H39B. The minimum absolute atomic E-state index is 0.660. The Hall–Kier alpha value is 0.0649. The van der Waals surface area contributed by atoms with E-state index in [0.717, 1.165) is 30.3 Å². The minimum Gasteiger partial charge on any atom is -0.0739 e. The van der Waals surface area contributed by atoms with Crippen LogP contribution in [-0.2, 0) is 0 Å². The molecule has 0 unspecified atom stereocenters. The second-order valence-corrected chi connectivity index (χ2v) is 8.87. The summed E-state index contributed by atoms with van der Waals surface area (Å²) in [6.07, 6.45) is 14.7. The Kier molecular flexibility index (Phi) is 6.27. The first-order chi connectivity index (χ1) is 10.0. The highest BCUT2D eigenvalue weighted by Gasteiger charge is 2.57. The minimum atomic E-state index is 0.660. The smallest absolute Gasteiger partial charge is 0.0739 e. The fraction of sp³-hybridized carbons (Fsp3) is 1.00. The molecule has 1 heteroatoms. The van der Waals surface area contributed by atoms with Gasteiger partial charge >= 0.3 is 0 Å². The van der Waals surface area contributed by atoms with Crippen LogP contribution in [0.3, 0.4) is 0 Å². The average Bonchev–Trinajstić information content (AvgIpc) is 2.46. The van der Waals surface area contributed by atoms with E-state index in [1.165, 1.54) is 51.2 Å². The lowest BCUT2D eigenvalue weighted by Gasteiger charge is -2.63. The molecule has 0 aromatic carbocycles. The fourth-order valence-electron chi connectivity index (χ4n) is 5.68. The van der Waals surface area contributed by atoms with Gasteiger partial charge in [-0.15, -0.1) is 0 Å². The van der Waals surface area contributed by atoms with Crippen molar-refractivity contribution in [3.8, 4) is 0 Å². The SMILES string of the molecule is CCCCCCB(CCCC)[C@@H]1C[C@H]2C[C@H]([C@H]1C)C2(C)C. The summed E-state index contributed by atoms with van der Waals surface area (Å²) in [5.74, 6) is 4.11. The Morgan fingerprint density at radius 2 is 1.57 bits per heavy atom. The number of hydrogen-bond donors (Lipinski definition) is 0. The molecule has 3 rings (SSSR count). The Labute approximate surface area is 134 Å². The monoisotopic (exact) mass is 290 g/mol. The van der Waals surface area contributed by atoms with Crippen LogP contribution >= 0.6 is 0 Å². The van der Waals surface area contributed by atoms with Gasteiger partial charge in [0.2, 0.25) is 0 Å². The maximum absolute atomic E-state index is 2.59. The Morgan fingerprint density at radius 1 is 0.905 bits per heavy atom. The molecule has 0 radical (unpaired) electrons. The summed E-state index contributed by atoms with van der Waals surface area (Å²) in [6.45, 7) is 13.4. The highest BCUT2D eigenvalue weighted by Crippen LogP contribution is 2.65. The van der Waals surface area contributed by atoms with Gasteiger partial charge in [-0.2, -0.15) is 0 Å². The summed E-state index contributed by atoms with van der Waals surface area (Å²) in [4.78, 5) is 0. The van der Waals surface area contributed by atoms with Crippen LogP contribution in [0.5, 0.6) is 0 Å². The van der Waals surface area contributed by atoms with Crippen LogP contribution < -0.4 is 0 Å². The van der Waals surface area contributed by atoms with Crippen molar-refractivity contribution in [1.82, 2.24) is 0 Å². The molecule has 0 spiro atoms. The molecule has 3 saturated carbocycles. The van der Waals surface area contributed by atoms with Crippen LogP contribution in [0.1, 0.15) is 86.0 Å². The fourth-order valence-corrected chi connectivity index (χ4v) is 5.68. The van der Waals surface area contributed by atoms with E-state index in [-0.39, 0.29) is 0 Å². The lowest BCUT2D eigenvalue weighted by atomic mass is 9.27. The normalized spacial score (nSPS) is 33.6. The molecule has 0 aromatic heterocycles. The molecule has 0 amide bonds. The molecule has 2 bridgehead atoms. The van der Waals surface area contributed by atoms with E-state index in [9.17, 15) is 0 Å². The summed E-state index contributed by atoms with van der Waals surface area (Å²) >= 11 is 0. The molecule has 0 nitrogen and oxygen atoms in total. The summed E-state index contributed by atoms with van der Waals surface area (Å²) in [6, 6.07) is 0. The average molecular weight is 290 g/mol. The highest BCUT2D eigenvalue weighted by atomic mass is 14.6. The van der Waals surface area contributed by atoms with Crippen molar-refractivity contribution >= 4 is 6.71 Å². The van der Waals surface area contributed by atoms with Crippen molar-refractivity contribution in [3.05, 3.63) is 0 Å². The molecule has 0 heterocycles. The largest absolute Gasteiger partial charge is 0.143 e. The second-order valence-electron chi connectivity index (χ2n) is 8.87.